The first-order valence-electron chi connectivity index (χ1n) is 9.83. The van der Waals surface area contributed by atoms with Crippen LogP contribution < -0.4 is 14.8 Å². The van der Waals surface area contributed by atoms with Gasteiger partial charge in [0, 0.05) is 52.2 Å². The van der Waals surface area contributed by atoms with E-state index in [9.17, 15) is 4.79 Å². The van der Waals surface area contributed by atoms with Crippen molar-refractivity contribution >= 4 is 5.91 Å². The van der Waals surface area contributed by atoms with E-state index in [0.717, 1.165) is 63.7 Å². The number of hydrogen-bond acceptors (Lipinski definition) is 5. The summed E-state index contributed by atoms with van der Waals surface area (Å²) in [5, 5.41) is 3.29. The lowest BCUT2D eigenvalue weighted by Crippen LogP contribution is -2.47. The van der Waals surface area contributed by atoms with Crippen LogP contribution >= 0.6 is 0 Å². The maximum atomic E-state index is 12.4. The van der Waals surface area contributed by atoms with Crippen molar-refractivity contribution < 1.29 is 14.3 Å². The molecule has 144 valence electrons. The third-order valence-electron chi connectivity index (χ3n) is 5.07. The number of benzene rings is 1. The molecule has 0 spiro atoms. The second-order valence-corrected chi connectivity index (χ2v) is 6.84. The van der Waals surface area contributed by atoms with E-state index < -0.39 is 0 Å². The third-order valence-corrected chi connectivity index (χ3v) is 5.07. The highest BCUT2D eigenvalue weighted by atomic mass is 16.5. The number of amides is 1. The van der Waals surface area contributed by atoms with Gasteiger partial charge in [0.05, 0.1) is 13.2 Å². The predicted octanol–water partition coefficient (Wildman–Crippen LogP) is 1.66. The molecule has 26 heavy (non-hydrogen) atoms. The number of rotatable bonds is 7. The van der Waals surface area contributed by atoms with E-state index in [1.807, 2.05) is 18.7 Å². The van der Waals surface area contributed by atoms with Gasteiger partial charge < -0.3 is 19.7 Å². The lowest BCUT2D eigenvalue weighted by Gasteiger charge is -2.31. The van der Waals surface area contributed by atoms with Gasteiger partial charge in [-0.05, 0) is 43.5 Å². The molecule has 1 aromatic rings. The number of piperazine rings is 1. The van der Waals surface area contributed by atoms with Gasteiger partial charge in [0.15, 0.2) is 11.5 Å². The Labute approximate surface area is 156 Å². The van der Waals surface area contributed by atoms with Crippen molar-refractivity contribution in [1.29, 1.82) is 0 Å². The molecule has 0 aromatic heterocycles. The van der Waals surface area contributed by atoms with E-state index in [1.165, 1.54) is 11.1 Å². The molecule has 2 aliphatic heterocycles. The molecule has 0 radical (unpaired) electrons. The zero-order valence-electron chi connectivity index (χ0n) is 16.1. The van der Waals surface area contributed by atoms with Crippen molar-refractivity contribution in [2.24, 2.45) is 0 Å². The molecular formula is C20H31N3O3. The molecule has 0 aliphatic carbocycles. The second-order valence-electron chi connectivity index (χ2n) is 6.84. The van der Waals surface area contributed by atoms with Crippen LogP contribution in [-0.2, 0) is 17.8 Å². The van der Waals surface area contributed by atoms with Gasteiger partial charge in [-0.15, -0.1) is 0 Å². The number of nitrogens with one attached hydrogen (secondary N) is 1. The maximum absolute atomic E-state index is 12.4. The Morgan fingerprint density at radius 3 is 2.35 bits per heavy atom. The highest BCUT2D eigenvalue weighted by molar-refractivity contribution is 5.76. The summed E-state index contributed by atoms with van der Waals surface area (Å²) in [5.41, 5.74) is 2.62. The summed E-state index contributed by atoms with van der Waals surface area (Å²) in [4.78, 5) is 16.7. The molecule has 6 nitrogen and oxygen atoms in total. The lowest BCUT2D eigenvalue weighted by atomic mass is 9.98. The van der Waals surface area contributed by atoms with E-state index in [-0.39, 0.29) is 5.91 Å². The lowest BCUT2D eigenvalue weighted by molar-refractivity contribution is -0.132. The molecule has 6 heteroatoms. The van der Waals surface area contributed by atoms with Crippen LogP contribution in [0.25, 0.3) is 0 Å². The van der Waals surface area contributed by atoms with E-state index in [4.69, 9.17) is 9.47 Å². The Balaban J connectivity index is 1.59. The van der Waals surface area contributed by atoms with Crippen molar-refractivity contribution in [3.63, 3.8) is 0 Å². The molecule has 0 bridgehead atoms. The number of ether oxygens (including phenoxy) is 2. The van der Waals surface area contributed by atoms with Gasteiger partial charge in [-0.1, -0.05) is 0 Å². The van der Waals surface area contributed by atoms with Gasteiger partial charge in [0.25, 0.3) is 0 Å². The Morgan fingerprint density at radius 1 is 1.04 bits per heavy atom. The van der Waals surface area contributed by atoms with Gasteiger partial charge in [-0.25, -0.2) is 0 Å². The fourth-order valence-electron chi connectivity index (χ4n) is 3.68. The minimum atomic E-state index is 0.277. The molecule has 1 N–H and O–H groups in total. The van der Waals surface area contributed by atoms with E-state index in [1.54, 1.807) is 0 Å². The maximum Gasteiger partial charge on any atom is 0.223 e. The smallest absolute Gasteiger partial charge is 0.223 e. The quantitative estimate of drug-likeness (QED) is 0.801. The van der Waals surface area contributed by atoms with Crippen LogP contribution in [-0.4, -0.2) is 68.2 Å². The van der Waals surface area contributed by atoms with Gasteiger partial charge in [0.1, 0.15) is 0 Å². The molecule has 0 unspecified atom stereocenters. The molecule has 2 heterocycles. The highest BCUT2D eigenvalue weighted by Gasteiger charge is 2.22. The standard InChI is InChI=1S/C20H31N3O3/c1-3-25-18-13-16-5-9-22(15-17(16)14-19(18)26-4-2)10-6-20(24)23-11-7-21-8-12-23/h13-14,21H,3-12,15H2,1-2H3. The number of hydrogen-bond donors (Lipinski definition) is 1. The average molecular weight is 361 g/mol. The fourth-order valence-corrected chi connectivity index (χ4v) is 3.68. The molecule has 3 rings (SSSR count). The van der Waals surface area contributed by atoms with E-state index in [2.05, 4.69) is 22.3 Å². The second kappa shape index (κ2) is 9.24. The molecular weight excluding hydrogens is 330 g/mol. The largest absolute Gasteiger partial charge is 0.490 e. The van der Waals surface area contributed by atoms with Crippen LogP contribution in [0.2, 0.25) is 0 Å². The number of carbonyl (C=O) groups excluding carboxylic acids is 1. The Kier molecular flexibility index (Phi) is 6.74. The third kappa shape index (κ3) is 4.68. The number of nitrogens with zero attached hydrogens (tertiary/aromatic N) is 2. The molecule has 0 atom stereocenters. The highest BCUT2D eigenvalue weighted by Crippen LogP contribution is 2.33. The first kappa shape index (κ1) is 19.0. The summed E-state index contributed by atoms with van der Waals surface area (Å²) in [6.45, 7) is 11.4. The fraction of sp³-hybridized carbons (Fsp3) is 0.650. The Bertz CT molecular complexity index is 615. The predicted molar refractivity (Wildman–Crippen MR) is 102 cm³/mol. The summed E-state index contributed by atoms with van der Waals surface area (Å²) < 4.78 is 11.5. The zero-order chi connectivity index (χ0) is 18.4. The van der Waals surface area contributed by atoms with Gasteiger partial charge >= 0.3 is 0 Å². The molecule has 0 saturated carbocycles. The Morgan fingerprint density at radius 2 is 1.69 bits per heavy atom. The van der Waals surface area contributed by atoms with Gasteiger partial charge in [0.2, 0.25) is 5.91 Å². The van der Waals surface area contributed by atoms with Gasteiger partial charge in [-0.2, -0.15) is 0 Å². The molecule has 1 amide bonds. The summed E-state index contributed by atoms with van der Waals surface area (Å²) in [5.74, 6) is 1.95. The number of carbonyl (C=O) groups is 1. The Hall–Kier alpha value is -1.79. The summed E-state index contributed by atoms with van der Waals surface area (Å²) in [6.07, 6.45) is 1.59. The van der Waals surface area contributed by atoms with Crippen molar-refractivity contribution in [2.75, 3.05) is 52.5 Å². The van der Waals surface area contributed by atoms with E-state index >= 15 is 0 Å². The van der Waals surface area contributed by atoms with Crippen LogP contribution in [0, 0.1) is 0 Å². The first-order valence-corrected chi connectivity index (χ1v) is 9.83. The summed E-state index contributed by atoms with van der Waals surface area (Å²) in [6, 6.07) is 4.25. The first-order chi connectivity index (χ1) is 12.7. The normalized spacial score (nSPS) is 17.7. The molecule has 1 saturated heterocycles. The monoisotopic (exact) mass is 361 g/mol. The van der Waals surface area contributed by atoms with E-state index in [0.29, 0.717) is 19.6 Å². The van der Waals surface area contributed by atoms with Crippen molar-refractivity contribution in [3.05, 3.63) is 23.3 Å². The van der Waals surface area contributed by atoms with Crippen molar-refractivity contribution in [3.8, 4) is 11.5 Å². The SMILES string of the molecule is CCOc1cc2c(cc1OCC)CN(CCC(=O)N1CCNCC1)CC2. The van der Waals surface area contributed by atoms with Crippen LogP contribution in [0.4, 0.5) is 0 Å². The molecule has 2 aliphatic rings. The van der Waals surface area contributed by atoms with Crippen LogP contribution in [0.15, 0.2) is 12.1 Å². The van der Waals surface area contributed by atoms with Crippen molar-refractivity contribution in [2.45, 2.75) is 33.2 Å². The molecule has 1 fully saturated rings. The average Bonchev–Trinajstić information content (AvgIpc) is 2.67. The minimum Gasteiger partial charge on any atom is -0.490 e. The number of fused-ring (bicyclic) bond motifs is 1. The summed E-state index contributed by atoms with van der Waals surface area (Å²) >= 11 is 0. The van der Waals surface area contributed by atoms with Crippen LogP contribution in [0.5, 0.6) is 11.5 Å². The van der Waals surface area contributed by atoms with Crippen molar-refractivity contribution in [1.82, 2.24) is 15.1 Å². The minimum absolute atomic E-state index is 0.277. The van der Waals surface area contributed by atoms with Crippen LogP contribution in [0.3, 0.4) is 0 Å². The molecule has 1 aromatic carbocycles. The van der Waals surface area contributed by atoms with Crippen LogP contribution in [0.1, 0.15) is 31.4 Å². The summed E-state index contributed by atoms with van der Waals surface area (Å²) in [7, 11) is 0. The zero-order valence-corrected chi connectivity index (χ0v) is 16.1. The van der Waals surface area contributed by atoms with Gasteiger partial charge in [-0.3, -0.25) is 9.69 Å². The topological polar surface area (TPSA) is 54.0 Å².